The molecule has 0 atom stereocenters. The number of nitrogens with zero attached hydrogens (tertiary/aromatic N) is 4. The molecule has 174 valence electrons. The predicted molar refractivity (Wildman–Crippen MR) is 132 cm³/mol. The Kier molecular flexibility index (Phi) is 6.35. The Morgan fingerprint density at radius 3 is 2.62 bits per heavy atom. The lowest BCUT2D eigenvalue weighted by Gasteiger charge is -2.31. The van der Waals surface area contributed by atoms with Crippen molar-refractivity contribution in [1.82, 2.24) is 15.2 Å². The van der Waals surface area contributed by atoms with Crippen LogP contribution in [0, 0.1) is 11.7 Å². The molecule has 0 radical (unpaired) electrons. The van der Waals surface area contributed by atoms with E-state index in [-0.39, 0.29) is 17.6 Å². The molecule has 7 nitrogen and oxygen atoms in total. The van der Waals surface area contributed by atoms with Gasteiger partial charge in [0.05, 0.1) is 22.5 Å². The third kappa shape index (κ3) is 4.84. The van der Waals surface area contributed by atoms with Crippen LogP contribution in [0.5, 0.6) is 5.75 Å². The van der Waals surface area contributed by atoms with Crippen molar-refractivity contribution < 1.29 is 13.9 Å². The molecule has 0 bridgehead atoms. The number of halogens is 1. The summed E-state index contributed by atoms with van der Waals surface area (Å²) in [5, 5.41) is 12.2. The smallest absolute Gasteiger partial charge is 0.229 e. The molecule has 3 heterocycles. The molecule has 2 aromatic heterocycles. The lowest BCUT2D eigenvalue weighted by Crippen LogP contribution is -2.38. The summed E-state index contributed by atoms with van der Waals surface area (Å²) >= 11 is 1.45. The second kappa shape index (κ2) is 9.72. The molecule has 1 aliphatic heterocycles. The number of nitrogens with one attached hydrogen (secondary N) is 1. The van der Waals surface area contributed by atoms with Gasteiger partial charge in [-0.2, -0.15) is 0 Å². The SMILES string of the molecule is CCOc1ccc2nc(NC(=O)C3CCN(c4ccc(-c5ccc(F)cc5)nn4)CC3)sc2c1. The normalized spacial score (nSPS) is 14.4. The van der Waals surface area contributed by atoms with Crippen LogP contribution in [0.4, 0.5) is 15.3 Å². The third-order valence-corrected chi connectivity index (χ3v) is 6.81. The van der Waals surface area contributed by atoms with E-state index < -0.39 is 0 Å². The van der Waals surface area contributed by atoms with Crippen molar-refractivity contribution in [2.24, 2.45) is 5.92 Å². The highest BCUT2D eigenvalue weighted by molar-refractivity contribution is 7.22. The minimum atomic E-state index is -0.279. The summed E-state index contributed by atoms with van der Waals surface area (Å²) in [6.07, 6.45) is 1.46. The summed E-state index contributed by atoms with van der Waals surface area (Å²) in [7, 11) is 0. The monoisotopic (exact) mass is 477 g/mol. The molecular formula is C25H24FN5O2S. The van der Waals surface area contributed by atoms with E-state index in [2.05, 4.69) is 25.4 Å². The van der Waals surface area contributed by atoms with E-state index in [1.165, 1.54) is 23.5 Å². The van der Waals surface area contributed by atoms with Gasteiger partial charge in [0, 0.05) is 24.6 Å². The molecular weight excluding hydrogens is 453 g/mol. The van der Waals surface area contributed by atoms with E-state index in [4.69, 9.17) is 4.74 Å². The first kappa shape index (κ1) is 22.2. The zero-order valence-electron chi connectivity index (χ0n) is 18.7. The van der Waals surface area contributed by atoms with Crippen molar-refractivity contribution in [3.05, 3.63) is 60.4 Å². The Hall–Kier alpha value is -3.59. The molecule has 0 spiro atoms. The van der Waals surface area contributed by atoms with E-state index in [0.29, 0.717) is 17.4 Å². The number of hydrogen-bond donors (Lipinski definition) is 1. The van der Waals surface area contributed by atoms with E-state index in [0.717, 1.165) is 53.3 Å². The van der Waals surface area contributed by atoms with Gasteiger partial charge < -0.3 is 15.0 Å². The van der Waals surface area contributed by atoms with Gasteiger partial charge in [0.15, 0.2) is 10.9 Å². The van der Waals surface area contributed by atoms with Crippen molar-refractivity contribution in [3.63, 3.8) is 0 Å². The average molecular weight is 478 g/mol. The first-order valence-corrected chi connectivity index (χ1v) is 12.1. The fraction of sp³-hybridized carbons (Fsp3) is 0.280. The lowest BCUT2D eigenvalue weighted by molar-refractivity contribution is -0.120. The molecule has 1 fully saturated rings. The molecule has 1 saturated heterocycles. The molecule has 5 rings (SSSR count). The highest BCUT2D eigenvalue weighted by Crippen LogP contribution is 2.30. The van der Waals surface area contributed by atoms with Crippen molar-refractivity contribution in [2.45, 2.75) is 19.8 Å². The summed E-state index contributed by atoms with van der Waals surface area (Å²) in [5.74, 6) is 1.23. The molecule has 0 unspecified atom stereocenters. The van der Waals surface area contributed by atoms with Crippen LogP contribution in [0.25, 0.3) is 21.5 Å². The van der Waals surface area contributed by atoms with E-state index >= 15 is 0 Å². The molecule has 1 N–H and O–H groups in total. The van der Waals surface area contributed by atoms with Crippen LogP contribution in [0.3, 0.4) is 0 Å². The van der Waals surface area contributed by atoms with Crippen LogP contribution in [0.15, 0.2) is 54.6 Å². The Balaban J connectivity index is 1.17. The van der Waals surface area contributed by atoms with Crippen LogP contribution in [-0.4, -0.2) is 40.8 Å². The Labute approximate surface area is 200 Å². The first-order valence-electron chi connectivity index (χ1n) is 11.3. The van der Waals surface area contributed by atoms with Gasteiger partial charge in [0.2, 0.25) is 5.91 Å². The predicted octanol–water partition coefficient (Wildman–Crippen LogP) is 5.15. The summed E-state index contributed by atoms with van der Waals surface area (Å²) in [5.41, 5.74) is 2.36. The van der Waals surface area contributed by atoms with Gasteiger partial charge in [0.1, 0.15) is 11.6 Å². The second-order valence-electron chi connectivity index (χ2n) is 8.12. The van der Waals surface area contributed by atoms with Crippen LogP contribution in [0.2, 0.25) is 0 Å². The van der Waals surface area contributed by atoms with Gasteiger partial charge in [-0.15, -0.1) is 10.2 Å². The average Bonchev–Trinajstić information content (AvgIpc) is 3.26. The second-order valence-corrected chi connectivity index (χ2v) is 9.15. The fourth-order valence-corrected chi connectivity index (χ4v) is 4.96. The molecule has 9 heteroatoms. The van der Waals surface area contributed by atoms with Crippen molar-refractivity contribution in [1.29, 1.82) is 0 Å². The number of ether oxygens (including phenoxy) is 1. The van der Waals surface area contributed by atoms with Gasteiger partial charge in [0.25, 0.3) is 0 Å². The summed E-state index contributed by atoms with van der Waals surface area (Å²) < 4.78 is 19.7. The van der Waals surface area contributed by atoms with Gasteiger partial charge in [-0.05, 0) is 74.4 Å². The number of carbonyl (C=O) groups excluding carboxylic acids is 1. The number of fused-ring (bicyclic) bond motifs is 1. The van der Waals surface area contributed by atoms with Crippen LogP contribution in [-0.2, 0) is 4.79 Å². The molecule has 0 saturated carbocycles. The van der Waals surface area contributed by atoms with Crippen molar-refractivity contribution >= 4 is 38.4 Å². The topological polar surface area (TPSA) is 80.2 Å². The Morgan fingerprint density at radius 2 is 1.91 bits per heavy atom. The van der Waals surface area contributed by atoms with Gasteiger partial charge in [-0.3, -0.25) is 4.79 Å². The minimum absolute atomic E-state index is 0.00137. The molecule has 1 amide bonds. The highest BCUT2D eigenvalue weighted by Gasteiger charge is 2.26. The standard InChI is InChI=1S/C25H24FN5O2S/c1-2-33-19-7-8-21-22(15-19)34-25(27-21)28-24(32)17-11-13-31(14-12-17)23-10-9-20(29-30-23)16-3-5-18(26)6-4-16/h3-10,15,17H,2,11-14H2,1H3,(H,27,28,32). The maximum atomic E-state index is 13.1. The first-order chi connectivity index (χ1) is 16.6. The third-order valence-electron chi connectivity index (χ3n) is 5.88. The lowest BCUT2D eigenvalue weighted by atomic mass is 9.96. The minimum Gasteiger partial charge on any atom is -0.494 e. The van der Waals surface area contributed by atoms with Gasteiger partial charge >= 0.3 is 0 Å². The van der Waals surface area contributed by atoms with Crippen LogP contribution in [0.1, 0.15) is 19.8 Å². The van der Waals surface area contributed by atoms with E-state index in [1.807, 2.05) is 37.3 Å². The summed E-state index contributed by atoms with van der Waals surface area (Å²) in [6, 6.07) is 15.8. The largest absolute Gasteiger partial charge is 0.494 e. The molecule has 1 aliphatic rings. The molecule has 4 aromatic rings. The zero-order valence-corrected chi connectivity index (χ0v) is 19.5. The van der Waals surface area contributed by atoms with E-state index in [1.54, 1.807) is 12.1 Å². The molecule has 0 aliphatic carbocycles. The number of benzene rings is 2. The van der Waals surface area contributed by atoms with Crippen molar-refractivity contribution in [3.8, 4) is 17.0 Å². The fourth-order valence-electron chi connectivity index (χ4n) is 4.06. The zero-order chi connectivity index (χ0) is 23.5. The number of aromatic nitrogens is 3. The number of hydrogen-bond acceptors (Lipinski definition) is 7. The summed E-state index contributed by atoms with van der Waals surface area (Å²) in [4.78, 5) is 19.5. The Morgan fingerprint density at radius 1 is 1.12 bits per heavy atom. The number of carbonyl (C=O) groups is 1. The number of amides is 1. The van der Waals surface area contributed by atoms with Crippen LogP contribution < -0.4 is 15.0 Å². The highest BCUT2D eigenvalue weighted by atomic mass is 32.1. The maximum Gasteiger partial charge on any atom is 0.229 e. The van der Waals surface area contributed by atoms with Gasteiger partial charge in [-0.25, -0.2) is 9.37 Å². The summed E-state index contributed by atoms with van der Waals surface area (Å²) in [6.45, 7) is 4.00. The molecule has 2 aromatic carbocycles. The Bertz CT molecular complexity index is 1290. The van der Waals surface area contributed by atoms with Crippen LogP contribution >= 0.6 is 11.3 Å². The number of anilines is 2. The number of rotatable bonds is 6. The van der Waals surface area contributed by atoms with Gasteiger partial charge in [-0.1, -0.05) is 11.3 Å². The number of thiazole rings is 1. The number of piperidine rings is 1. The quantitative estimate of drug-likeness (QED) is 0.414. The molecule has 34 heavy (non-hydrogen) atoms. The maximum absolute atomic E-state index is 13.1. The van der Waals surface area contributed by atoms with Crippen molar-refractivity contribution in [2.75, 3.05) is 29.9 Å². The van der Waals surface area contributed by atoms with E-state index in [9.17, 15) is 9.18 Å².